The minimum Gasteiger partial charge on any atom is -0.478 e. The summed E-state index contributed by atoms with van der Waals surface area (Å²) in [7, 11) is 0. The van der Waals surface area contributed by atoms with Crippen LogP contribution in [0.2, 0.25) is 0 Å². The van der Waals surface area contributed by atoms with Crippen LogP contribution in [0.4, 0.5) is 0 Å². The van der Waals surface area contributed by atoms with E-state index >= 15 is 0 Å². The Kier molecular flexibility index (Phi) is 6.98. The van der Waals surface area contributed by atoms with Crippen molar-refractivity contribution in [1.29, 1.82) is 0 Å². The molecule has 0 aliphatic carbocycles. The molecule has 0 atom stereocenters. The van der Waals surface area contributed by atoms with E-state index in [0.29, 0.717) is 24.3 Å². The summed E-state index contributed by atoms with van der Waals surface area (Å²) in [4.78, 5) is 16.4. The third-order valence-corrected chi connectivity index (χ3v) is 5.70. The van der Waals surface area contributed by atoms with E-state index in [2.05, 4.69) is 26.0 Å². The van der Waals surface area contributed by atoms with Gasteiger partial charge in [-0.05, 0) is 40.7 Å². The van der Waals surface area contributed by atoms with Gasteiger partial charge in [0.1, 0.15) is 5.82 Å². The number of nitrogens with zero attached hydrogens (tertiary/aromatic N) is 3. The van der Waals surface area contributed by atoms with Crippen molar-refractivity contribution in [2.75, 3.05) is 0 Å². The Bertz CT molecular complexity index is 1210. The van der Waals surface area contributed by atoms with Crippen molar-refractivity contribution in [2.45, 2.75) is 39.7 Å². The number of carbonyl (C=O) groups is 1. The molecule has 1 N–H and O–H groups in total. The topological polar surface area (TPSA) is 68.0 Å². The molecule has 0 aliphatic heterocycles. The third-order valence-electron chi connectivity index (χ3n) is 5.70. The van der Waals surface area contributed by atoms with Gasteiger partial charge in [0.25, 0.3) is 0 Å². The minimum absolute atomic E-state index is 0.309. The highest BCUT2D eigenvalue weighted by atomic mass is 16.4. The molecular weight excluding hydrogens is 410 g/mol. The van der Waals surface area contributed by atoms with Crippen LogP contribution in [0.5, 0.6) is 0 Å². The minimum atomic E-state index is -0.918. The number of hydrogen-bond acceptors (Lipinski definition) is 3. The van der Waals surface area contributed by atoms with E-state index in [9.17, 15) is 9.90 Å². The Balaban J connectivity index is 1.56. The van der Waals surface area contributed by atoms with Gasteiger partial charge in [-0.3, -0.25) is 0 Å². The molecule has 33 heavy (non-hydrogen) atoms. The Morgan fingerprint density at radius 1 is 0.879 bits per heavy atom. The first-order chi connectivity index (χ1) is 16.0. The van der Waals surface area contributed by atoms with Gasteiger partial charge in [-0.25, -0.2) is 14.5 Å². The molecule has 0 aliphatic rings. The molecule has 0 unspecified atom stereocenters. The smallest absolute Gasteiger partial charge is 0.336 e. The zero-order valence-electron chi connectivity index (χ0n) is 19.1. The number of aromatic nitrogens is 3. The molecule has 0 spiro atoms. The molecule has 1 aromatic heterocycles. The van der Waals surface area contributed by atoms with Crippen molar-refractivity contribution in [1.82, 2.24) is 14.8 Å². The molecule has 5 nitrogen and oxygen atoms in total. The van der Waals surface area contributed by atoms with E-state index in [0.717, 1.165) is 41.3 Å². The summed E-state index contributed by atoms with van der Waals surface area (Å²) in [5.41, 5.74) is 4.25. The zero-order valence-corrected chi connectivity index (χ0v) is 19.1. The quantitative estimate of drug-likeness (QED) is 0.354. The number of hydrogen-bond donors (Lipinski definition) is 1. The van der Waals surface area contributed by atoms with Crippen LogP contribution < -0.4 is 0 Å². The van der Waals surface area contributed by atoms with Crippen molar-refractivity contribution in [3.05, 3.63) is 107 Å². The van der Waals surface area contributed by atoms with Gasteiger partial charge in [-0.2, -0.15) is 5.10 Å². The van der Waals surface area contributed by atoms with Crippen LogP contribution in [0.25, 0.3) is 11.1 Å². The third kappa shape index (κ3) is 5.75. The molecular formula is C28H29N3O2. The maximum absolute atomic E-state index is 11.6. The average Bonchev–Trinajstić information content (AvgIpc) is 3.19. The zero-order chi connectivity index (χ0) is 23.2. The number of carboxylic acids is 1. The fourth-order valence-electron chi connectivity index (χ4n) is 3.88. The molecule has 1 heterocycles. The monoisotopic (exact) mass is 439 g/mol. The number of benzene rings is 3. The lowest BCUT2D eigenvalue weighted by atomic mass is 9.98. The second-order valence-corrected chi connectivity index (χ2v) is 8.74. The summed E-state index contributed by atoms with van der Waals surface area (Å²) in [5, 5.41) is 14.3. The summed E-state index contributed by atoms with van der Waals surface area (Å²) in [6, 6.07) is 25.4. The van der Waals surface area contributed by atoms with E-state index < -0.39 is 5.97 Å². The van der Waals surface area contributed by atoms with Crippen molar-refractivity contribution in [3.8, 4) is 11.1 Å². The summed E-state index contributed by atoms with van der Waals surface area (Å²) >= 11 is 0. The largest absolute Gasteiger partial charge is 0.478 e. The Morgan fingerprint density at radius 2 is 1.55 bits per heavy atom. The molecule has 0 saturated heterocycles. The van der Waals surface area contributed by atoms with Gasteiger partial charge in [-0.15, -0.1) is 0 Å². The fourth-order valence-corrected chi connectivity index (χ4v) is 3.88. The SMILES string of the molecule is CC(C)CCn1nc(Cc2ccccc2)nc1Cc1ccc(-c2ccccc2C(=O)O)cc1. The summed E-state index contributed by atoms with van der Waals surface area (Å²) in [5.74, 6) is 1.47. The van der Waals surface area contributed by atoms with E-state index in [-0.39, 0.29) is 0 Å². The molecule has 4 aromatic rings. The first-order valence-corrected chi connectivity index (χ1v) is 11.4. The van der Waals surface area contributed by atoms with E-state index in [4.69, 9.17) is 10.1 Å². The number of rotatable bonds is 9. The molecule has 0 amide bonds. The average molecular weight is 440 g/mol. The standard InChI is InChI=1S/C28H29N3O2/c1-20(2)16-17-31-27(29-26(30-31)18-21-8-4-3-5-9-21)19-22-12-14-23(15-13-22)24-10-6-7-11-25(24)28(32)33/h3-15,20H,16-19H2,1-2H3,(H,32,33). The van der Waals surface area contributed by atoms with E-state index in [1.54, 1.807) is 12.1 Å². The summed E-state index contributed by atoms with van der Waals surface area (Å²) in [6.45, 7) is 5.28. The normalized spacial score (nSPS) is 11.1. The fraction of sp³-hybridized carbons (Fsp3) is 0.250. The molecule has 0 radical (unpaired) electrons. The van der Waals surface area contributed by atoms with Crippen molar-refractivity contribution in [3.63, 3.8) is 0 Å². The van der Waals surface area contributed by atoms with Crippen molar-refractivity contribution >= 4 is 5.97 Å². The molecule has 168 valence electrons. The molecule has 3 aromatic carbocycles. The van der Waals surface area contributed by atoms with Gasteiger partial charge in [0.2, 0.25) is 0 Å². The van der Waals surface area contributed by atoms with Crippen LogP contribution in [0.1, 0.15) is 53.4 Å². The van der Waals surface area contributed by atoms with Crippen molar-refractivity contribution in [2.24, 2.45) is 5.92 Å². The molecule has 0 bridgehead atoms. The van der Waals surface area contributed by atoms with Gasteiger partial charge in [0.05, 0.1) is 5.56 Å². The highest BCUT2D eigenvalue weighted by Gasteiger charge is 2.14. The number of aryl methyl sites for hydroxylation is 1. The Labute approximate surface area is 194 Å². The van der Waals surface area contributed by atoms with Crippen molar-refractivity contribution < 1.29 is 9.90 Å². The van der Waals surface area contributed by atoms with Gasteiger partial charge in [-0.1, -0.05) is 86.6 Å². The number of carboxylic acid groups (broad SMARTS) is 1. The van der Waals surface area contributed by atoms with Crippen LogP contribution in [-0.2, 0) is 19.4 Å². The lowest BCUT2D eigenvalue weighted by Crippen LogP contribution is -2.08. The predicted octanol–water partition coefficient (Wildman–Crippen LogP) is 5.87. The van der Waals surface area contributed by atoms with E-state index in [1.165, 1.54) is 5.56 Å². The van der Waals surface area contributed by atoms with Gasteiger partial charge < -0.3 is 5.11 Å². The highest BCUT2D eigenvalue weighted by molar-refractivity contribution is 5.95. The highest BCUT2D eigenvalue weighted by Crippen LogP contribution is 2.25. The maximum Gasteiger partial charge on any atom is 0.336 e. The second-order valence-electron chi connectivity index (χ2n) is 8.74. The first kappa shape index (κ1) is 22.5. The predicted molar refractivity (Wildman–Crippen MR) is 130 cm³/mol. The van der Waals surface area contributed by atoms with Crippen LogP contribution in [0.15, 0.2) is 78.9 Å². The molecule has 0 saturated carbocycles. The molecule has 0 fully saturated rings. The van der Waals surface area contributed by atoms with Gasteiger partial charge in [0, 0.05) is 19.4 Å². The number of aromatic carboxylic acids is 1. The van der Waals surface area contributed by atoms with Crippen LogP contribution in [-0.4, -0.2) is 25.8 Å². The van der Waals surface area contributed by atoms with E-state index in [1.807, 2.05) is 59.3 Å². The second kappa shape index (κ2) is 10.3. The van der Waals surface area contributed by atoms with Gasteiger partial charge in [0.15, 0.2) is 5.82 Å². The Morgan fingerprint density at radius 3 is 2.24 bits per heavy atom. The molecule has 5 heteroatoms. The maximum atomic E-state index is 11.6. The van der Waals surface area contributed by atoms with Crippen LogP contribution >= 0.6 is 0 Å². The first-order valence-electron chi connectivity index (χ1n) is 11.4. The lowest BCUT2D eigenvalue weighted by molar-refractivity contribution is 0.0697. The lowest BCUT2D eigenvalue weighted by Gasteiger charge is -2.09. The Hall–Kier alpha value is -3.73. The van der Waals surface area contributed by atoms with Crippen LogP contribution in [0.3, 0.4) is 0 Å². The summed E-state index contributed by atoms with van der Waals surface area (Å²) in [6.07, 6.45) is 2.44. The van der Waals surface area contributed by atoms with Crippen LogP contribution in [0, 0.1) is 5.92 Å². The summed E-state index contributed by atoms with van der Waals surface area (Å²) < 4.78 is 2.05. The molecule has 4 rings (SSSR count). The van der Waals surface area contributed by atoms with Gasteiger partial charge >= 0.3 is 5.97 Å².